The normalized spacial score (nSPS) is 19.0. The van der Waals surface area contributed by atoms with Gasteiger partial charge >= 0.3 is 0 Å². The number of carbonyl (C=O) groups is 2. The summed E-state index contributed by atoms with van der Waals surface area (Å²) in [6.07, 6.45) is 0.528. The van der Waals surface area contributed by atoms with Crippen LogP contribution >= 0.6 is 0 Å². The summed E-state index contributed by atoms with van der Waals surface area (Å²) in [5.41, 5.74) is 0. The highest BCUT2D eigenvalue weighted by Gasteiger charge is 2.28. The molecular weight excluding hydrogens is 248 g/mol. The van der Waals surface area contributed by atoms with E-state index >= 15 is 0 Å². The van der Waals surface area contributed by atoms with Crippen molar-refractivity contribution in [2.75, 3.05) is 20.1 Å². The van der Waals surface area contributed by atoms with E-state index < -0.39 is 0 Å². The Balaban J connectivity index is 1.87. The lowest BCUT2D eigenvalue weighted by Crippen LogP contribution is -2.38. The van der Waals surface area contributed by atoms with E-state index in [2.05, 4.69) is 10.2 Å². The molecule has 1 aliphatic rings. The molecule has 1 aromatic heterocycles. The highest BCUT2D eigenvalue weighted by Crippen LogP contribution is 2.16. The highest BCUT2D eigenvalue weighted by molar-refractivity contribution is 5.85. The number of carbonyl (C=O) groups excluding carboxylic acids is 2. The minimum atomic E-state index is -0.127. The maximum absolute atomic E-state index is 12.0. The number of nitrogens with zero attached hydrogens (tertiary/aromatic N) is 4. The van der Waals surface area contributed by atoms with Crippen LogP contribution in [0.1, 0.15) is 25.1 Å². The van der Waals surface area contributed by atoms with Gasteiger partial charge in [0.25, 0.3) is 0 Å². The monoisotopic (exact) mass is 266 g/mol. The summed E-state index contributed by atoms with van der Waals surface area (Å²) in [6.45, 7) is 4.73. The molecule has 0 N–H and O–H groups in total. The summed E-state index contributed by atoms with van der Waals surface area (Å²) in [5, 5.41) is 7.54. The Morgan fingerprint density at radius 3 is 2.79 bits per heavy atom. The third kappa shape index (κ3) is 3.30. The van der Waals surface area contributed by atoms with E-state index in [0.29, 0.717) is 30.7 Å². The number of aryl methyl sites for hydroxylation is 1. The maximum Gasteiger partial charge on any atom is 0.242 e. The van der Waals surface area contributed by atoms with E-state index in [0.717, 1.165) is 0 Å². The standard InChI is InChI=1S/C12H18N4O3/c1-8-4-11(17)16(5-8)7-12(18)15(3)6-10-14-13-9(2)19-10/h8H,4-7H2,1-3H3. The van der Waals surface area contributed by atoms with Crippen LogP contribution in [0.3, 0.4) is 0 Å². The average Bonchev–Trinajstić information content (AvgIpc) is 2.85. The molecule has 0 aliphatic carbocycles. The first kappa shape index (κ1) is 13.5. The zero-order valence-electron chi connectivity index (χ0n) is 11.4. The Hall–Kier alpha value is -1.92. The minimum Gasteiger partial charge on any atom is -0.424 e. The molecule has 7 nitrogen and oxygen atoms in total. The zero-order valence-corrected chi connectivity index (χ0v) is 11.4. The summed E-state index contributed by atoms with van der Waals surface area (Å²) >= 11 is 0. The van der Waals surface area contributed by atoms with Gasteiger partial charge in [-0.25, -0.2) is 0 Å². The van der Waals surface area contributed by atoms with Crippen LogP contribution in [0.5, 0.6) is 0 Å². The molecule has 0 bridgehead atoms. The lowest BCUT2D eigenvalue weighted by atomic mass is 10.2. The molecule has 19 heavy (non-hydrogen) atoms. The van der Waals surface area contributed by atoms with Crippen molar-refractivity contribution >= 4 is 11.8 Å². The molecule has 0 spiro atoms. The number of hydrogen-bond donors (Lipinski definition) is 0. The molecule has 0 radical (unpaired) electrons. The Kier molecular flexibility index (Phi) is 3.82. The second-order valence-corrected chi connectivity index (χ2v) is 5.05. The van der Waals surface area contributed by atoms with Gasteiger partial charge in [0.2, 0.25) is 23.6 Å². The van der Waals surface area contributed by atoms with Crippen molar-refractivity contribution in [1.29, 1.82) is 0 Å². The molecule has 1 aromatic rings. The van der Waals surface area contributed by atoms with E-state index in [4.69, 9.17) is 4.42 Å². The fourth-order valence-electron chi connectivity index (χ4n) is 2.10. The van der Waals surface area contributed by atoms with Gasteiger partial charge in [0, 0.05) is 26.9 Å². The van der Waals surface area contributed by atoms with Crippen molar-refractivity contribution in [3.05, 3.63) is 11.8 Å². The van der Waals surface area contributed by atoms with Crippen molar-refractivity contribution in [3.63, 3.8) is 0 Å². The summed E-state index contributed by atoms with van der Waals surface area (Å²) in [7, 11) is 1.66. The van der Waals surface area contributed by atoms with E-state index in [1.807, 2.05) is 6.92 Å². The number of amides is 2. The Morgan fingerprint density at radius 1 is 1.53 bits per heavy atom. The van der Waals surface area contributed by atoms with Crippen LogP contribution in [0, 0.1) is 12.8 Å². The van der Waals surface area contributed by atoms with Gasteiger partial charge in [-0.3, -0.25) is 9.59 Å². The van der Waals surface area contributed by atoms with E-state index in [-0.39, 0.29) is 24.9 Å². The smallest absolute Gasteiger partial charge is 0.242 e. The minimum absolute atomic E-state index is 0.0443. The number of rotatable bonds is 4. The van der Waals surface area contributed by atoms with Crippen LogP contribution in [-0.4, -0.2) is 51.9 Å². The molecule has 2 heterocycles. The predicted molar refractivity (Wildman–Crippen MR) is 65.9 cm³/mol. The van der Waals surface area contributed by atoms with Crippen molar-refractivity contribution in [3.8, 4) is 0 Å². The summed E-state index contributed by atoms with van der Waals surface area (Å²) in [6, 6.07) is 0. The summed E-state index contributed by atoms with van der Waals surface area (Å²) in [4.78, 5) is 26.7. The molecule has 2 amide bonds. The lowest BCUT2D eigenvalue weighted by molar-refractivity contribution is -0.138. The number of likely N-dealkylation sites (tertiary alicyclic amines) is 1. The second-order valence-electron chi connectivity index (χ2n) is 5.05. The van der Waals surface area contributed by atoms with Crippen molar-refractivity contribution in [2.24, 2.45) is 5.92 Å². The van der Waals surface area contributed by atoms with Gasteiger partial charge in [-0.05, 0) is 5.92 Å². The average molecular weight is 266 g/mol. The topological polar surface area (TPSA) is 79.5 Å². The first-order valence-electron chi connectivity index (χ1n) is 6.26. The van der Waals surface area contributed by atoms with Crippen LogP contribution < -0.4 is 0 Å². The molecular formula is C12H18N4O3. The first-order chi connectivity index (χ1) is 8.95. The van der Waals surface area contributed by atoms with Gasteiger partial charge < -0.3 is 14.2 Å². The summed E-state index contributed by atoms with van der Waals surface area (Å²) in [5.74, 6) is 1.11. The largest absolute Gasteiger partial charge is 0.424 e. The second kappa shape index (κ2) is 5.38. The maximum atomic E-state index is 12.0. The third-order valence-electron chi connectivity index (χ3n) is 3.10. The van der Waals surface area contributed by atoms with Gasteiger partial charge in [0.15, 0.2) is 0 Å². The molecule has 0 saturated carbocycles. The van der Waals surface area contributed by atoms with Crippen LogP contribution in [-0.2, 0) is 16.1 Å². The molecule has 7 heteroatoms. The number of hydrogen-bond acceptors (Lipinski definition) is 5. The van der Waals surface area contributed by atoms with Crippen LogP contribution in [0.15, 0.2) is 4.42 Å². The molecule has 2 rings (SSSR count). The Labute approximate surface area is 111 Å². The molecule has 1 atom stereocenters. The summed E-state index contributed by atoms with van der Waals surface area (Å²) < 4.78 is 5.22. The first-order valence-corrected chi connectivity index (χ1v) is 6.26. The van der Waals surface area contributed by atoms with E-state index in [9.17, 15) is 9.59 Å². The van der Waals surface area contributed by atoms with Gasteiger partial charge in [0.1, 0.15) is 0 Å². The number of aromatic nitrogens is 2. The van der Waals surface area contributed by atoms with Gasteiger partial charge in [-0.1, -0.05) is 6.92 Å². The van der Waals surface area contributed by atoms with Gasteiger partial charge in [0.05, 0.1) is 13.1 Å². The fraction of sp³-hybridized carbons (Fsp3) is 0.667. The molecule has 104 valence electrons. The molecule has 1 aliphatic heterocycles. The van der Waals surface area contributed by atoms with Crippen molar-refractivity contribution in [2.45, 2.75) is 26.8 Å². The quantitative estimate of drug-likeness (QED) is 0.778. The SMILES string of the molecule is Cc1nnc(CN(C)C(=O)CN2CC(C)CC2=O)o1. The van der Waals surface area contributed by atoms with Gasteiger partial charge in [-0.15, -0.1) is 10.2 Å². The highest BCUT2D eigenvalue weighted by atomic mass is 16.4. The third-order valence-corrected chi connectivity index (χ3v) is 3.10. The molecule has 1 fully saturated rings. The van der Waals surface area contributed by atoms with Crippen LogP contribution in [0.2, 0.25) is 0 Å². The molecule has 1 unspecified atom stereocenters. The van der Waals surface area contributed by atoms with Crippen LogP contribution in [0.4, 0.5) is 0 Å². The van der Waals surface area contributed by atoms with Crippen molar-refractivity contribution < 1.29 is 14.0 Å². The lowest BCUT2D eigenvalue weighted by Gasteiger charge is -2.20. The Bertz CT molecular complexity index is 485. The zero-order chi connectivity index (χ0) is 14.0. The molecule has 0 aromatic carbocycles. The van der Waals surface area contributed by atoms with Crippen LogP contribution in [0.25, 0.3) is 0 Å². The van der Waals surface area contributed by atoms with Crippen molar-refractivity contribution in [1.82, 2.24) is 20.0 Å². The van der Waals surface area contributed by atoms with Gasteiger partial charge in [-0.2, -0.15) is 0 Å². The molecule has 1 saturated heterocycles. The Morgan fingerprint density at radius 2 is 2.26 bits per heavy atom. The number of likely N-dealkylation sites (N-methyl/N-ethyl adjacent to an activating group) is 1. The fourth-order valence-corrected chi connectivity index (χ4v) is 2.10. The van der Waals surface area contributed by atoms with E-state index in [1.54, 1.807) is 18.9 Å². The predicted octanol–water partition coefficient (Wildman–Crippen LogP) is 0.205. The van der Waals surface area contributed by atoms with E-state index in [1.165, 1.54) is 4.90 Å².